The maximum absolute atomic E-state index is 10.7. The molecule has 20 heavy (non-hydrogen) atoms. The topological polar surface area (TPSA) is 99.8 Å². The fourth-order valence-corrected chi connectivity index (χ4v) is 1.23. The van der Waals surface area contributed by atoms with Gasteiger partial charge in [0.2, 0.25) is 0 Å². The van der Waals surface area contributed by atoms with Crippen molar-refractivity contribution in [2.45, 2.75) is 72.1 Å². The molecule has 0 spiro atoms. The maximum atomic E-state index is 10.7. The van der Waals surface area contributed by atoms with Gasteiger partial charge in [-0.2, -0.15) is 0 Å². The van der Waals surface area contributed by atoms with E-state index in [9.17, 15) is 9.90 Å². The molecule has 0 aliphatic rings. The minimum atomic E-state index is -1.22. The number of hydrogen-bond acceptors (Lipinski definition) is 6. The van der Waals surface area contributed by atoms with E-state index in [0.29, 0.717) is 6.61 Å². The highest BCUT2D eigenvalue weighted by Crippen LogP contribution is 2.09. The lowest BCUT2D eigenvalue weighted by molar-refractivity contribution is -0.201. The molecular weight excluding hydrogens is 262 g/mol. The van der Waals surface area contributed by atoms with Crippen molar-refractivity contribution in [2.75, 3.05) is 6.61 Å². The van der Waals surface area contributed by atoms with Gasteiger partial charge in [0.1, 0.15) is 0 Å². The molecule has 0 bridgehead atoms. The van der Waals surface area contributed by atoms with Gasteiger partial charge in [0, 0.05) is 13.0 Å². The van der Waals surface area contributed by atoms with E-state index in [4.69, 9.17) is 20.0 Å². The van der Waals surface area contributed by atoms with E-state index in [0.717, 1.165) is 12.6 Å². The Kier molecular flexibility index (Phi) is 10.7. The first-order chi connectivity index (χ1) is 8.91. The number of hydrogen-bond donors (Lipinski definition) is 3. The molecule has 0 saturated carbocycles. The van der Waals surface area contributed by atoms with Crippen LogP contribution in [-0.4, -0.2) is 46.5 Å². The smallest absolute Gasteiger partial charge is 0.175 e. The second kappa shape index (κ2) is 9.99. The minimum Gasteiger partial charge on any atom is -0.366 e. The molecule has 6 nitrogen and oxygen atoms in total. The standard InChI is InChI=1S/C8H15NO3.C6H14O2/c1-6(4-7(10)5-9)12-8(2,3)11;1-4-5-8-6(2,3)7/h5-6,9,11H,4H2,1-3H3;7H,4-5H2,1-3H3. The number of carbonyl (C=O) groups excluding carboxylic acids is 1. The van der Waals surface area contributed by atoms with Gasteiger partial charge in [-0.1, -0.05) is 6.92 Å². The predicted molar refractivity (Wildman–Crippen MR) is 77.8 cm³/mol. The van der Waals surface area contributed by atoms with Crippen LogP contribution < -0.4 is 0 Å². The van der Waals surface area contributed by atoms with Gasteiger partial charge in [0.15, 0.2) is 17.4 Å². The lowest BCUT2D eigenvalue weighted by Crippen LogP contribution is -2.30. The number of ketones is 1. The molecule has 0 rings (SSSR count). The fourth-order valence-electron chi connectivity index (χ4n) is 1.23. The van der Waals surface area contributed by atoms with Crippen LogP contribution in [0.2, 0.25) is 0 Å². The zero-order valence-corrected chi connectivity index (χ0v) is 13.4. The van der Waals surface area contributed by atoms with Crippen molar-refractivity contribution in [1.29, 1.82) is 5.41 Å². The number of carbonyl (C=O) groups is 1. The highest BCUT2D eigenvalue weighted by atomic mass is 16.6. The lowest BCUT2D eigenvalue weighted by atomic mass is 10.2. The van der Waals surface area contributed by atoms with E-state index < -0.39 is 11.6 Å². The average Bonchev–Trinajstić information content (AvgIpc) is 2.23. The van der Waals surface area contributed by atoms with Crippen molar-refractivity contribution in [3.63, 3.8) is 0 Å². The van der Waals surface area contributed by atoms with Crippen LogP contribution in [0.3, 0.4) is 0 Å². The van der Waals surface area contributed by atoms with Crippen LogP contribution in [0.1, 0.15) is 54.4 Å². The summed E-state index contributed by atoms with van der Waals surface area (Å²) in [4.78, 5) is 10.7. The SMILES string of the molecule is CC(CC(=O)C=N)OC(C)(C)O.CCCOC(C)(C)O. The molecule has 3 N–H and O–H groups in total. The Morgan fingerprint density at radius 3 is 2.00 bits per heavy atom. The summed E-state index contributed by atoms with van der Waals surface area (Å²) in [6, 6.07) is 0. The molecule has 0 aliphatic carbocycles. The molecule has 0 aliphatic heterocycles. The van der Waals surface area contributed by atoms with Gasteiger partial charge in [-0.25, -0.2) is 0 Å². The summed E-state index contributed by atoms with van der Waals surface area (Å²) in [7, 11) is 0. The quantitative estimate of drug-likeness (QED) is 0.468. The van der Waals surface area contributed by atoms with Gasteiger partial charge in [-0.05, 0) is 41.0 Å². The molecule has 1 unspecified atom stereocenters. The molecule has 0 fully saturated rings. The second-order valence-corrected chi connectivity index (χ2v) is 5.49. The Morgan fingerprint density at radius 1 is 1.25 bits per heavy atom. The highest BCUT2D eigenvalue weighted by molar-refractivity contribution is 6.26. The van der Waals surface area contributed by atoms with E-state index in [1.54, 1.807) is 20.8 Å². The molecule has 0 amide bonds. The Labute approximate surface area is 121 Å². The number of aliphatic hydroxyl groups is 2. The van der Waals surface area contributed by atoms with Crippen LogP contribution in [0.5, 0.6) is 0 Å². The van der Waals surface area contributed by atoms with Gasteiger partial charge in [-0.3, -0.25) is 4.79 Å². The Bertz CT molecular complexity index is 278. The van der Waals surface area contributed by atoms with Crippen molar-refractivity contribution in [1.82, 2.24) is 0 Å². The molecule has 0 radical (unpaired) electrons. The second-order valence-electron chi connectivity index (χ2n) is 5.49. The molecule has 1 atom stereocenters. The number of rotatable bonds is 8. The van der Waals surface area contributed by atoms with Crippen LogP contribution in [0.25, 0.3) is 0 Å². The van der Waals surface area contributed by atoms with Crippen molar-refractivity contribution in [2.24, 2.45) is 0 Å². The molecule has 0 saturated heterocycles. The maximum Gasteiger partial charge on any atom is 0.175 e. The first-order valence-corrected chi connectivity index (χ1v) is 6.71. The Morgan fingerprint density at radius 2 is 1.75 bits per heavy atom. The van der Waals surface area contributed by atoms with Gasteiger partial charge in [0.05, 0.1) is 12.3 Å². The average molecular weight is 291 g/mol. The van der Waals surface area contributed by atoms with Crippen molar-refractivity contribution < 1.29 is 24.5 Å². The lowest BCUT2D eigenvalue weighted by Gasteiger charge is -2.22. The van der Waals surface area contributed by atoms with Crippen LogP contribution in [0, 0.1) is 5.41 Å². The molecule has 6 heteroatoms. The summed E-state index contributed by atoms with van der Waals surface area (Å²) in [6.07, 6.45) is 1.47. The monoisotopic (exact) mass is 291 g/mol. The van der Waals surface area contributed by atoms with Crippen molar-refractivity contribution in [3.05, 3.63) is 0 Å². The number of ether oxygens (including phenoxy) is 2. The molecule has 0 heterocycles. The first kappa shape index (κ1) is 21.5. The largest absolute Gasteiger partial charge is 0.366 e. The summed E-state index contributed by atoms with van der Waals surface area (Å²) < 4.78 is 9.98. The van der Waals surface area contributed by atoms with Gasteiger partial charge >= 0.3 is 0 Å². The first-order valence-electron chi connectivity index (χ1n) is 6.71. The minimum absolute atomic E-state index is 0.132. The number of Topliss-reactive ketones (excluding diaryl/α,β-unsaturated/α-hetero) is 1. The van der Waals surface area contributed by atoms with E-state index in [1.807, 2.05) is 6.92 Å². The summed E-state index contributed by atoms with van der Waals surface area (Å²) in [5.74, 6) is -2.47. The van der Waals surface area contributed by atoms with Crippen molar-refractivity contribution >= 4 is 12.0 Å². The molecule has 0 aromatic rings. The van der Waals surface area contributed by atoms with Gasteiger partial charge < -0.3 is 25.1 Å². The molecular formula is C14H29NO5. The van der Waals surface area contributed by atoms with Gasteiger partial charge in [-0.15, -0.1) is 0 Å². The van der Waals surface area contributed by atoms with Crippen LogP contribution in [0.4, 0.5) is 0 Å². The third kappa shape index (κ3) is 19.5. The van der Waals surface area contributed by atoms with E-state index in [-0.39, 0.29) is 18.3 Å². The molecule has 0 aromatic carbocycles. The third-order valence-electron chi connectivity index (χ3n) is 1.80. The zero-order valence-electron chi connectivity index (χ0n) is 13.4. The fraction of sp³-hybridized carbons (Fsp3) is 0.857. The third-order valence-corrected chi connectivity index (χ3v) is 1.80. The van der Waals surface area contributed by atoms with Crippen LogP contribution in [-0.2, 0) is 14.3 Å². The van der Waals surface area contributed by atoms with Crippen molar-refractivity contribution in [3.8, 4) is 0 Å². The van der Waals surface area contributed by atoms with E-state index in [1.165, 1.54) is 13.8 Å². The molecule has 120 valence electrons. The Balaban J connectivity index is 0. The highest BCUT2D eigenvalue weighted by Gasteiger charge is 2.18. The summed E-state index contributed by atoms with van der Waals surface area (Å²) >= 11 is 0. The predicted octanol–water partition coefficient (Wildman–Crippen LogP) is 1.87. The van der Waals surface area contributed by atoms with E-state index >= 15 is 0 Å². The molecule has 0 aromatic heterocycles. The summed E-state index contributed by atoms with van der Waals surface area (Å²) in [5, 5.41) is 24.8. The Hall–Kier alpha value is -0.820. The van der Waals surface area contributed by atoms with Crippen LogP contribution in [0.15, 0.2) is 0 Å². The van der Waals surface area contributed by atoms with E-state index in [2.05, 4.69) is 0 Å². The summed E-state index contributed by atoms with van der Waals surface area (Å²) in [5.41, 5.74) is 0. The zero-order chi connectivity index (χ0) is 16.4. The summed E-state index contributed by atoms with van der Waals surface area (Å²) in [6.45, 7) is 10.6. The normalized spacial score (nSPS) is 13.2. The van der Waals surface area contributed by atoms with Crippen LogP contribution >= 0.6 is 0 Å². The van der Waals surface area contributed by atoms with Gasteiger partial charge in [0.25, 0.3) is 0 Å². The number of nitrogens with one attached hydrogen (secondary N) is 1.